The van der Waals surface area contributed by atoms with Crippen LogP contribution in [0.3, 0.4) is 0 Å². The highest BCUT2D eigenvalue weighted by Crippen LogP contribution is 2.29. The van der Waals surface area contributed by atoms with Crippen LogP contribution < -0.4 is 5.32 Å². The van der Waals surface area contributed by atoms with Crippen molar-refractivity contribution in [2.45, 2.75) is 12.1 Å². The van der Waals surface area contributed by atoms with E-state index in [9.17, 15) is 9.59 Å². The number of esters is 1. The number of anilines is 1. The number of amides is 1. The van der Waals surface area contributed by atoms with Crippen molar-refractivity contribution in [3.05, 3.63) is 96.6 Å². The average Bonchev–Trinajstić information content (AvgIpc) is 2.92. The van der Waals surface area contributed by atoms with Crippen LogP contribution in [0.15, 0.2) is 96.2 Å². The van der Waals surface area contributed by atoms with Crippen molar-refractivity contribution < 1.29 is 14.3 Å². The predicted molar refractivity (Wildman–Crippen MR) is 142 cm³/mol. The molecule has 0 atom stereocenters. The number of benzene rings is 3. The second-order valence-electron chi connectivity index (χ2n) is 7.57. The van der Waals surface area contributed by atoms with Gasteiger partial charge in [-0.3, -0.25) is 4.79 Å². The third-order valence-electron chi connectivity index (χ3n) is 4.99. The van der Waals surface area contributed by atoms with Crippen molar-refractivity contribution in [2.75, 3.05) is 17.7 Å². The Morgan fingerprint density at radius 1 is 0.861 bits per heavy atom. The summed E-state index contributed by atoms with van der Waals surface area (Å²) in [6.45, 7) is 2.09. The molecule has 0 unspecified atom stereocenters. The molecular weight excluding hydrogens is 472 g/mol. The van der Waals surface area contributed by atoms with Gasteiger partial charge in [0.05, 0.1) is 12.4 Å². The molecule has 180 valence electrons. The summed E-state index contributed by atoms with van der Waals surface area (Å²) >= 11 is 1.22. The Labute approximate surface area is 213 Å². The molecule has 0 saturated carbocycles. The minimum Gasteiger partial charge on any atom is -0.463 e. The summed E-state index contributed by atoms with van der Waals surface area (Å²) < 4.78 is 4.87. The van der Waals surface area contributed by atoms with Crippen LogP contribution in [0.1, 0.15) is 12.5 Å². The highest BCUT2D eigenvalue weighted by atomic mass is 32.2. The summed E-state index contributed by atoms with van der Waals surface area (Å²) in [6.07, 6.45) is 3.03. The summed E-state index contributed by atoms with van der Waals surface area (Å²) in [5.74, 6) is -0.451. The molecule has 1 aromatic heterocycles. The molecule has 36 heavy (non-hydrogen) atoms. The Morgan fingerprint density at radius 3 is 2.14 bits per heavy atom. The molecule has 3 aromatic carbocycles. The Bertz CT molecular complexity index is 1340. The van der Waals surface area contributed by atoms with E-state index in [2.05, 4.69) is 15.5 Å². The van der Waals surface area contributed by atoms with Crippen LogP contribution in [0.2, 0.25) is 0 Å². The number of nitrogens with zero attached hydrogens (tertiary/aromatic N) is 3. The van der Waals surface area contributed by atoms with Gasteiger partial charge in [-0.2, -0.15) is 0 Å². The summed E-state index contributed by atoms with van der Waals surface area (Å²) in [5, 5.41) is 12.0. The highest BCUT2D eigenvalue weighted by molar-refractivity contribution is 7.99. The zero-order chi connectivity index (χ0) is 25.2. The van der Waals surface area contributed by atoms with E-state index in [-0.39, 0.29) is 11.7 Å². The number of carbonyl (C=O) groups excluding carboxylic acids is 2. The third kappa shape index (κ3) is 6.86. The maximum atomic E-state index is 12.5. The van der Waals surface area contributed by atoms with Crippen molar-refractivity contribution in [3.8, 4) is 22.5 Å². The molecule has 0 radical (unpaired) electrons. The zero-order valence-electron chi connectivity index (χ0n) is 19.6. The fraction of sp³-hybridized carbons (Fsp3) is 0.107. The number of hydrogen-bond donors (Lipinski definition) is 1. The smallest absolute Gasteiger partial charge is 0.330 e. The maximum Gasteiger partial charge on any atom is 0.330 e. The van der Waals surface area contributed by atoms with E-state index in [4.69, 9.17) is 9.72 Å². The van der Waals surface area contributed by atoms with E-state index in [1.54, 1.807) is 37.3 Å². The Kier molecular flexibility index (Phi) is 8.56. The summed E-state index contributed by atoms with van der Waals surface area (Å²) in [6, 6.07) is 26.7. The number of thioether (sulfide) groups is 1. The molecule has 0 spiro atoms. The Hall–Kier alpha value is -4.30. The summed E-state index contributed by atoms with van der Waals surface area (Å²) in [5.41, 5.74) is 4.72. The lowest BCUT2D eigenvalue weighted by molar-refractivity contribution is -0.137. The number of ether oxygens (including phenoxy) is 1. The molecule has 1 N–H and O–H groups in total. The Morgan fingerprint density at radius 2 is 1.50 bits per heavy atom. The molecule has 0 fully saturated rings. The fourth-order valence-corrected chi connectivity index (χ4v) is 3.91. The van der Waals surface area contributed by atoms with E-state index in [1.807, 2.05) is 60.7 Å². The molecular formula is C28H24N4O3S. The molecule has 7 nitrogen and oxygen atoms in total. The largest absolute Gasteiger partial charge is 0.463 e. The lowest BCUT2D eigenvalue weighted by atomic mass is 10.0. The van der Waals surface area contributed by atoms with E-state index >= 15 is 0 Å². The number of rotatable bonds is 9. The first-order chi connectivity index (χ1) is 17.6. The molecule has 4 rings (SSSR count). The van der Waals surface area contributed by atoms with Gasteiger partial charge in [0.25, 0.3) is 0 Å². The van der Waals surface area contributed by atoms with Gasteiger partial charge < -0.3 is 10.1 Å². The summed E-state index contributed by atoms with van der Waals surface area (Å²) in [7, 11) is 0. The quantitative estimate of drug-likeness (QED) is 0.185. The fourth-order valence-electron chi connectivity index (χ4n) is 3.32. The number of nitrogens with one attached hydrogen (secondary N) is 1. The maximum absolute atomic E-state index is 12.5. The first-order valence-corrected chi connectivity index (χ1v) is 12.3. The van der Waals surface area contributed by atoms with Gasteiger partial charge in [0.2, 0.25) is 11.1 Å². The molecule has 0 aliphatic carbocycles. The first-order valence-electron chi connectivity index (χ1n) is 11.4. The van der Waals surface area contributed by atoms with E-state index < -0.39 is 5.97 Å². The van der Waals surface area contributed by atoms with Gasteiger partial charge >= 0.3 is 5.97 Å². The molecule has 0 aliphatic rings. The molecule has 0 bridgehead atoms. The molecule has 4 aromatic rings. The molecule has 1 heterocycles. The second kappa shape index (κ2) is 12.4. The highest BCUT2D eigenvalue weighted by Gasteiger charge is 2.14. The lowest BCUT2D eigenvalue weighted by Crippen LogP contribution is -2.14. The minimum absolute atomic E-state index is 0.130. The van der Waals surface area contributed by atoms with Gasteiger partial charge in [0.15, 0.2) is 0 Å². The van der Waals surface area contributed by atoms with Gasteiger partial charge in [0.1, 0.15) is 11.4 Å². The standard InChI is InChI=1S/C28H24N4O3S/c1-2-35-25(34)18-15-20-13-16-23(17-14-20)29-24(33)19-36-28-30-26(21-9-5-3-6-10-21)27(31-32-28)22-11-7-4-8-12-22/h3-18H,2,19H2,1H3,(H,29,33)/b18-15+. The van der Waals surface area contributed by atoms with Crippen molar-refractivity contribution >= 4 is 35.4 Å². The van der Waals surface area contributed by atoms with Crippen LogP contribution in [0.4, 0.5) is 5.69 Å². The van der Waals surface area contributed by atoms with Gasteiger partial charge in [-0.15, -0.1) is 10.2 Å². The van der Waals surface area contributed by atoms with Crippen molar-refractivity contribution in [1.82, 2.24) is 15.2 Å². The van der Waals surface area contributed by atoms with Gasteiger partial charge in [0, 0.05) is 22.9 Å². The summed E-state index contributed by atoms with van der Waals surface area (Å²) in [4.78, 5) is 28.7. The lowest BCUT2D eigenvalue weighted by Gasteiger charge is -2.09. The van der Waals surface area contributed by atoms with Crippen molar-refractivity contribution in [1.29, 1.82) is 0 Å². The number of carbonyl (C=O) groups is 2. The van der Waals surface area contributed by atoms with E-state index in [1.165, 1.54) is 17.8 Å². The van der Waals surface area contributed by atoms with Crippen molar-refractivity contribution in [3.63, 3.8) is 0 Å². The minimum atomic E-state index is -0.393. The van der Waals surface area contributed by atoms with Crippen LogP contribution in [0.25, 0.3) is 28.6 Å². The van der Waals surface area contributed by atoms with Gasteiger partial charge in [-0.1, -0.05) is 84.6 Å². The monoisotopic (exact) mass is 496 g/mol. The molecule has 8 heteroatoms. The average molecular weight is 497 g/mol. The van der Waals surface area contributed by atoms with Crippen LogP contribution in [-0.2, 0) is 14.3 Å². The first kappa shape index (κ1) is 24.8. The van der Waals surface area contributed by atoms with E-state index in [0.29, 0.717) is 28.8 Å². The third-order valence-corrected chi connectivity index (χ3v) is 5.82. The number of aromatic nitrogens is 3. The SMILES string of the molecule is CCOC(=O)/C=C/c1ccc(NC(=O)CSc2nnc(-c3ccccc3)c(-c3ccccc3)n2)cc1. The van der Waals surface area contributed by atoms with Gasteiger partial charge in [-0.05, 0) is 30.7 Å². The van der Waals surface area contributed by atoms with Gasteiger partial charge in [-0.25, -0.2) is 9.78 Å². The normalized spacial score (nSPS) is 10.8. The zero-order valence-corrected chi connectivity index (χ0v) is 20.4. The second-order valence-corrected chi connectivity index (χ2v) is 8.51. The molecule has 0 saturated heterocycles. The molecule has 0 aliphatic heterocycles. The van der Waals surface area contributed by atoms with Crippen LogP contribution in [-0.4, -0.2) is 39.4 Å². The Balaban J connectivity index is 1.41. The number of hydrogen-bond acceptors (Lipinski definition) is 7. The van der Waals surface area contributed by atoms with Crippen LogP contribution in [0, 0.1) is 0 Å². The van der Waals surface area contributed by atoms with Crippen molar-refractivity contribution in [2.24, 2.45) is 0 Å². The topological polar surface area (TPSA) is 94.1 Å². The predicted octanol–water partition coefficient (Wildman–Crippen LogP) is 5.51. The van der Waals surface area contributed by atoms with E-state index in [0.717, 1.165) is 16.7 Å². The molecule has 1 amide bonds. The van der Waals surface area contributed by atoms with Crippen LogP contribution >= 0.6 is 11.8 Å². The van der Waals surface area contributed by atoms with Crippen LogP contribution in [0.5, 0.6) is 0 Å².